The molecule has 0 spiro atoms. The lowest BCUT2D eigenvalue weighted by Crippen LogP contribution is -2.39. The highest BCUT2D eigenvalue weighted by atomic mass is 16.5. The quantitative estimate of drug-likeness (QED) is 0.777. The van der Waals surface area contributed by atoms with Crippen LogP contribution in [0.25, 0.3) is 5.65 Å². The van der Waals surface area contributed by atoms with Gasteiger partial charge in [0.05, 0.1) is 11.7 Å². The number of hydrogen-bond donors (Lipinski definition) is 1. The average Bonchev–Trinajstić information content (AvgIpc) is 3.27. The fraction of sp³-hybridized carbons (Fsp3) is 0.444. The van der Waals surface area contributed by atoms with Crippen molar-refractivity contribution in [3.63, 3.8) is 0 Å². The van der Waals surface area contributed by atoms with Crippen LogP contribution in [-0.2, 0) is 6.42 Å². The Bertz CT molecular complexity index is 1020. The summed E-state index contributed by atoms with van der Waals surface area (Å²) in [6, 6.07) is 4.80. The van der Waals surface area contributed by atoms with Gasteiger partial charge in [0.15, 0.2) is 11.3 Å². The van der Waals surface area contributed by atoms with Gasteiger partial charge in [0.2, 0.25) is 0 Å². The Hall–Kier alpha value is -2.90. The third-order valence-electron chi connectivity index (χ3n) is 4.83. The van der Waals surface area contributed by atoms with E-state index in [9.17, 15) is 9.59 Å². The summed E-state index contributed by atoms with van der Waals surface area (Å²) in [7, 11) is 0. The second-order valence-corrected chi connectivity index (χ2v) is 6.69. The highest BCUT2D eigenvalue weighted by Crippen LogP contribution is 2.31. The summed E-state index contributed by atoms with van der Waals surface area (Å²) in [5.74, 6) is 0.507. The van der Waals surface area contributed by atoms with Crippen molar-refractivity contribution in [1.29, 1.82) is 0 Å². The van der Waals surface area contributed by atoms with Crippen molar-refractivity contribution in [3.8, 4) is 0 Å². The van der Waals surface area contributed by atoms with E-state index in [0.717, 1.165) is 25.0 Å². The molecule has 136 valence electrons. The summed E-state index contributed by atoms with van der Waals surface area (Å²) in [5.41, 5.74) is 2.19. The van der Waals surface area contributed by atoms with Crippen LogP contribution >= 0.6 is 0 Å². The highest BCUT2D eigenvalue weighted by Gasteiger charge is 2.31. The SMILES string of the molecule is CCc1cc(C(=O)N2CCCCC2c2cc(=O)n3[nH]c(C)cc3n2)no1. The monoisotopic (exact) mass is 355 g/mol. The number of fused-ring (bicyclic) bond motifs is 1. The van der Waals surface area contributed by atoms with Gasteiger partial charge in [-0.05, 0) is 26.2 Å². The first-order valence-corrected chi connectivity index (χ1v) is 8.92. The van der Waals surface area contributed by atoms with E-state index >= 15 is 0 Å². The number of piperidine rings is 1. The maximum Gasteiger partial charge on any atom is 0.276 e. The maximum atomic E-state index is 13.0. The van der Waals surface area contributed by atoms with Gasteiger partial charge in [0.1, 0.15) is 5.76 Å². The summed E-state index contributed by atoms with van der Waals surface area (Å²) in [6.45, 7) is 4.44. The molecule has 0 aliphatic carbocycles. The highest BCUT2D eigenvalue weighted by molar-refractivity contribution is 5.92. The topological polar surface area (TPSA) is 96.5 Å². The summed E-state index contributed by atoms with van der Waals surface area (Å²) in [5, 5.41) is 6.87. The molecule has 8 nitrogen and oxygen atoms in total. The molecular formula is C18H21N5O3. The number of aromatic nitrogens is 4. The zero-order valence-corrected chi connectivity index (χ0v) is 14.9. The van der Waals surface area contributed by atoms with E-state index in [0.29, 0.717) is 35.8 Å². The molecule has 0 radical (unpaired) electrons. The fourth-order valence-corrected chi connectivity index (χ4v) is 3.51. The van der Waals surface area contributed by atoms with Gasteiger partial charge >= 0.3 is 0 Å². The van der Waals surface area contributed by atoms with Gasteiger partial charge in [-0.2, -0.15) is 0 Å². The number of rotatable bonds is 3. The van der Waals surface area contributed by atoms with E-state index in [4.69, 9.17) is 4.52 Å². The fourth-order valence-electron chi connectivity index (χ4n) is 3.51. The Labute approximate surface area is 149 Å². The normalized spacial score (nSPS) is 17.8. The minimum Gasteiger partial charge on any atom is -0.361 e. The van der Waals surface area contributed by atoms with Crippen molar-refractivity contribution in [2.24, 2.45) is 0 Å². The first-order chi connectivity index (χ1) is 12.6. The Morgan fingerprint density at radius 1 is 1.35 bits per heavy atom. The van der Waals surface area contributed by atoms with Gasteiger partial charge in [0.25, 0.3) is 11.5 Å². The van der Waals surface area contributed by atoms with Crippen LogP contribution in [0.5, 0.6) is 0 Å². The van der Waals surface area contributed by atoms with Gasteiger partial charge in [-0.25, -0.2) is 9.50 Å². The molecule has 1 amide bonds. The van der Waals surface area contributed by atoms with Crippen LogP contribution in [-0.4, -0.2) is 37.1 Å². The second kappa shape index (κ2) is 6.44. The molecule has 26 heavy (non-hydrogen) atoms. The minimum atomic E-state index is -0.231. The van der Waals surface area contributed by atoms with Gasteiger partial charge in [-0.15, -0.1) is 0 Å². The number of carbonyl (C=O) groups excluding carboxylic acids is 1. The number of nitrogens with zero attached hydrogens (tertiary/aromatic N) is 4. The van der Waals surface area contributed by atoms with Crippen molar-refractivity contribution >= 4 is 11.6 Å². The number of aromatic amines is 1. The lowest BCUT2D eigenvalue weighted by molar-refractivity contribution is 0.0595. The molecular weight excluding hydrogens is 334 g/mol. The minimum absolute atomic E-state index is 0.175. The molecule has 0 bridgehead atoms. The molecule has 1 saturated heterocycles. The molecule has 1 aliphatic rings. The van der Waals surface area contributed by atoms with Gasteiger partial charge < -0.3 is 9.42 Å². The molecule has 3 aromatic rings. The standard InChI is InChI=1S/C18H21N5O3/c1-3-12-9-14(21-26-12)18(25)22-7-5-4-6-15(22)13-10-17(24)23-16(19-13)8-11(2)20-23/h8-10,15,20H,3-7H2,1-2H3. The molecule has 1 atom stereocenters. The van der Waals surface area contributed by atoms with E-state index in [1.807, 2.05) is 19.9 Å². The van der Waals surface area contributed by atoms with Crippen LogP contribution in [0.15, 0.2) is 27.5 Å². The summed E-state index contributed by atoms with van der Waals surface area (Å²) in [6.07, 6.45) is 3.37. The predicted octanol–water partition coefficient (Wildman–Crippen LogP) is 2.25. The van der Waals surface area contributed by atoms with Crippen molar-refractivity contribution in [2.45, 2.75) is 45.6 Å². The van der Waals surface area contributed by atoms with Crippen molar-refractivity contribution in [3.05, 3.63) is 51.4 Å². The Balaban J connectivity index is 1.71. The van der Waals surface area contributed by atoms with Crippen LogP contribution in [0.3, 0.4) is 0 Å². The van der Waals surface area contributed by atoms with Gasteiger partial charge in [-0.1, -0.05) is 12.1 Å². The smallest absolute Gasteiger partial charge is 0.276 e. The first kappa shape index (κ1) is 16.6. The Kier molecular flexibility index (Phi) is 4.10. The molecule has 8 heteroatoms. The number of nitrogens with one attached hydrogen (secondary N) is 1. The van der Waals surface area contributed by atoms with E-state index in [-0.39, 0.29) is 17.5 Å². The van der Waals surface area contributed by atoms with Crippen molar-refractivity contribution in [1.82, 2.24) is 24.7 Å². The zero-order valence-electron chi connectivity index (χ0n) is 14.9. The number of amides is 1. The number of H-pyrrole nitrogens is 1. The van der Waals surface area contributed by atoms with Crippen LogP contribution in [0.2, 0.25) is 0 Å². The molecule has 1 aliphatic heterocycles. The summed E-state index contributed by atoms with van der Waals surface area (Å²) >= 11 is 0. The van der Waals surface area contributed by atoms with Gasteiger partial charge in [-0.3, -0.25) is 14.7 Å². The van der Waals surface area contributed by atoms with Gasteiger partial charge in [0, 0.05) is 36.9 Å². The molecule has 1 N–H and O–H groups in total. The zero-order chi connectivity index (χ0) is 18.3. The molecule has 3 aromatic heterocycles. The Morgan fingerprint density at radius 3 is 2.96 bits per heavy atom. The molecule has 0 saturated carbocycles. The summed E-state index contributed by atoms with van der Waals surface area (Å²) < 4.78 is 6.59. The second-order valence-electron chi connectivity index (χ2n) is 6.69. The van der Waals surface area contributed by atoms with E-state index in [2.05, 4.69) is 15.2 Å². The number of carbonyl (C=O) groups is 1. The molecule has 0 aromatic carbocycles. The molecule has 4 heterocycles. The van der Waals surface area contributed by atoms with E-state index in [1.54, 1.807) is 11.0 Å². The number of likely N-dealkylation sites (tertiary alicyclic amines) is 1. The number of hydrogen-bond acceptors (Lipinski definition) is 5. The first-order valence-electron chi connectivity index (χ1n) is 8.92. The molecule has 4 rings (SSSR count). The summed E-state index contributed by atoms with van der Waals surface area (Å²) in [4.78, 5) is 31.7. The lowest BCUT2D eigenvalue weighted by atomic mass is 9.98. The predicted molar refractivity (Wildman–Crippen MR) is 94.1 cm³/mol. The molecule has 1 unspecified atom stereocenters. The van der Waals surface area contributed by atoms with E-state index < -0.39 is 0 Å². The Morgan fingerprint density at radius 2 is 2.19 bits per heavy atom. The lowest BCUT2D eigenvalue weighted by Gasteiger charge is -2.34. The number of aryl methyl sites for hydroxylation is 2. The van der Waals surface area contributed by atoms with Crippen LogP contribution in [0.1, 0.15) is 59.9 Å². The van der Waals surface area contributed by atoms with Crippen molar-refractivity contribution < 1.29 is 9.32 Å². The third-order valence-corrected chi connectivity index (χ3v) is 4.83. The largest absolute Gasteiger partial charge is 0.361 e. The third kappa shape index (κ3) is 2.81. The van der Waals surface area contributed by atoms with E-state index in [1.165, 1.54) is 10.6 Å². The van der Waals surface area contributed by atoms with Crippen LogP contribution in [0, 0.1) is 6.92 Å². The molecule has 1 fully saturated rings. The van der Waals surface area contributed by atoms with Crippen molar-refractivity contribution in [2.75, 3.05) is 6.54 Å². The maximum absolute atomic E-state index is 13.0. The average molecular weight is 355 g/mol. The van der Waals surface area contributed by atoms with Crippen LogP contribution in [0.4, 0.5) is 0 Å². The van der Waals surface area contributed by atoms with Crippen LogP contribution < -0.4 is 5.56 Å².